The van der Waals surface area contributed by atoms with Crippen LogP contribution in [-0.2, 0) is 0 Å². The Hall–Kier alpha value is -4.04. The van der Waals surface area contributed by atoms with Gasteiger partial charge in [-0.3, -0.25) is 0 Å². The first kappa shape index (κ1) is 18.0. The van der Waals surface area contributed by atoms with Crippen LogP contribution in [0.15, 0.2) is 119 Å². The van der Waals surface area contributed by atoms with Gasteiger partial charge in [-0.05, 0) is 33.9 Å². The van der Waals surface area contributed by atoms with Gasteiger partial charge in [0.15, 0.2) is 0 Å². The molecule has 4 aromatic carbocycles. The summed E-state index contributed by atoms with van der Waals surface area (Å²) in [6, 6.07) is 35.6. The standard InChI is InChI=1S/C28H20N2/c1-2-10-22(11-3-1)23-18-16-21(17-19-23)9-8-20-29-30-28-26-14-6-4-12-24(26)25-13-5-7-15-27(25)28/h1-20H/b9-8+,29-20+. The van der Waals surface area contributed by atoms with Crippen molar-refractivity contribution in [3.8, 4) is 22.3 Å². The second kappa shape index (κ2) is 8.14. The predicted octanol–water partition coefficient (Wildman–Crippen LogP) is 6.87. The van der Waals surface area contributed by atoms with E-state index in [0.29, 0.717) is 0 Å². The first-order valence-corrected chi connectivity index (χ1v) is 10.0. The first-order valence-electron chi connectivity index (χ1n) is 10.0. The molecule has 0 aliphatic heterocycles. The Morgan fingerprint density at radius 1 is 0.500 bits per heavy atom. The summed E-state index contributed by atoms with van der Waals surface area (Å²) < 4.78 is 0. The fourth-order valence-corrected chi connectivity index (χ4v) is 3.80. The van der Waals surface area contributed by atoms with Gasteiger partial charge in [-0.1, -0.05) is 109 Å². The summed E-state index contributed by atoms with van der Waals surface area (Å²) in [5, 5.41) is 8.83. The van der Waals surface area contributed by atoms with Crippen LogP contribution in [-0.4, -0.2) is 11.9 Å². The smallest absolute Gasteiger partial charge is 0.101 e. The molecule has 0 fully saturated rings. The van der Waals surface area contributed by atoms with Gasteiger partial charge < -0.3 is 0 Å². The molecule has 0 unspecified atom stereocenters. The molecule has 0 bridgehead atoms. The molecule has 0 N–H and O–H groups in total. The number of rotatable bonds is 4. The highest BCUT2D eigenvalue weighted by Gasteiger charge is 2.23. The summed E-state index contributed by atoms with van der Waals surface area (Å²) in [7, 11) is 0. The van der Waals surface area contributed by atoms with Crippen molar-refractivity contribution in [3.63, 3.8) is 0 Å². The molecule has 0 spiro atoms. The summed E-state index contributed by atoms with van der Waals surface area (Å²) in [5.74, 6) is 0. The highest BCUT2D eigenvalue weighted by molar-refractivity contribution is 6.24. The van der Waals surface area contributed by atoms with E-state index < -0.39 is 0 Å². The summed E-state index contributed by atoms with van der Waals surface area (Å²) in [6.45, 7) is 0. The van der Waals surface area contributed by atoms with E-state index in [2.05, 4.69) is 95.1 Å². The normalized spacial score (nSPS) is 12.3. The zero-order chi connectivity index (χ0) is 20.2. The van der Waals surface area contributed by atoms with E-state index in [1.807, 2.05) is 30.4 Å². The van der Waals surface area contributed by atoms with Crippen LogP contribution in [0, 0.1) is 0 Å². The Morgan fingerprint density at radius 3 is 1.67 bits per heavy atom. The van der Waals surface area contributed by atoms with Crippen molar-refractivity contribution in [3.05, 3.63) is 126 Å². The zero-order valence-electron chi connectivity index (χ0n) is 16.4. The molecule has 1 aliphatic rings. The summed E-state index contributed by atoms with van der Waals surface area (Å²) in [4.78, 5) is 0. The van der Waals surface area contributed by atoms with Gasteiger partial charge in [0, 0.05) is 17.3 Å². The van der Waals surface area contributed by atoms with Gasteiger partial charge in [0.05, 0.1) is 0 Å². The molecule has 0 amide bonds. The Bertz CT molecular complexity index is 1220. The van der Waals surface area contributed by atoms with Gasteiger partial charge >= 0.3 is 0 Å². The molecule has 0 saturated carbocycles. The van der Waals surface area contributed by atoms with Gasteiger partial charge in [0.1, 0.15) is 5.71 Å². The van der Waals surface area contributed by atoms with E-state index >= 15 is 0 Å². The SMILES string of the molecule is C(=C\c1ccc(-c2ccccc2)cc1)/C=N/N=C1c2ccccc2-c2ccccc21. The second-order valence-corrected chi connectivity index (χ2v) is 7.15. The highest BCUT2D eigenvalue weighted by Crippen LogP contribution is 2.36. The molecule has 1 aliphatic carbocycles. The van der Waals surface area contributed by atoms with Crippen molar-refractivity contribution in [1.82, 2.24) is 0 Å². The molecule has 0 aromatic heterocycles. The number of nitrogens with zero attached hydrogens (tertiary/aromatic N) is 2. The largest absolute Gasteiger partial charge is 0.159 e. The van der Waals surface area contributed by atoms with Crippen molar-refractivity contribution in [2.45, 2.75) is 0 Å². The molecule has 0 heterocycles. The molecule has 0 saturated heterocycles. The van der Waals surface area contributed by atoms with Crippen LogP contribution in [0.5, 0.6) is 0 Å². The van der Waals surface area contributed by atoms with E-state index in [1.54, 1.807) is 6.21 Å². The molecule has 4 aromatic rings. The molecule has 2 nitrogen and oxygen atoms in total. The van der Waals surface area contributed by atoms with Gasteiger partial charge in [-0.25, -0.2) is 0 Å². The van der Waals surface area contributed by atoms with Crippen LogP contribution >= 0.6 is 0 Å². The lowest BCUT2D eigenvalue weighted by atomic mass is 10.0. The lowest BCUT2D eigenvalue weighted by Crippen LogP contribution is -1.96. The number of fused-ring (bicyclic) bond motifs is 3. The lowest BCUT2D eigenvalue weighted by molar-refractivity contribution is 1.25. The Labute approximate surface area is 176 Å². The number of allylic oxidation sites excluding steroid dienone is 1. The summed E-state index contributed by atoms with van der Waals surface area (Å²) in [5.41, 5.74) is 9.21. The van der Waals surface area contributed by atoms with Crippen molar-refractivity contribution in [2.24, 2.45) is 10.2 Å². The molecular formula is C28H20N2. The van der Waals surface area contributed by atoms with Gasteiger partial charge in [-0.15, -0.1) is 5.10 Å². The molecule has 142 valence electrons. The van der Waals surface area contributed by atoms with Gasteiger partial charge in [0.2, 0.25) is 0 Å². The van der Waals surface area contributed by atoms with Crippen LogP contribution in [0.2, 0.25) is 0 Å². The first-order chi connectivity index (χ1) is 14.9. The maximum atomic E-state index is 4.53. The zero-order valence-corrected chi connectivity index (χ0v) is 16.4. The quantitative estimate of drug-likeness (QED) is 0.239. The van der Waals surface area contributed by atoms with Crippen molar-refractivity contribution in [2.75, 3.05) is 0 Å². The fraction of sp³-hybridized carbons (Fsp3) is 0. The highest BCUT2D eigenvalue weighted by atomic mass is 15.2. The Morgan fingerprint density at radius 2 is 1.03 bits per heavy atom. The Balaban J connectivity index is 1.33. The lowest BCUT2D eigenvalue weighted by Gasteiger charge is -2.01. The molecular weight excluding hydrogens is 364 g/mol. The third kappa shape index (κ3) is 3.51. The van der Waals surface area contributed by atoms with E-state index in [-0.39, 0.29) is 0 Å². The number of hydrogen-bond acceptors (Lipinski definition) is 2. The minimum atomic E-state index is 0.929. The fourth-order valence-electron chi connectivity index (χ4n) is 3.80. The van der Waals surface area contributed by atoms with Crippen molar-refractivity contribution >= 4 is 18.0 Å². The van der Waals surface area contributed by atoms with Crippen LogP contribution in [0.3, 0.4) is 0 Å². The third-order valence-corrected chi connectivity index (χ3v) is 5.27. The monoisotopic (exact) mass is 384 g/mol. The van der Waals surface area contributed by atoms with Gasteiger partial charge in [-0.2, -0.15) is 5.10 Å². The maximum Gasteiger partial charge on any atom is 0.101 e. The van der Waals surface area contributed by atoms with E-state index in [1.165, 1.54) is 22.3 Å². The maximum absolute atomic E-state index is 4.53. The molecule has 0 atom stereocenters. The van der Waals surface area contributed by atoms with Crippen LogP contribution in [0.25, 0.3) is 28.3 Å². The van der Waals surface area contributed by atoms with Crippen LogP contribution < -0.4 is 0 Å². The third-order valence-electron chi connectivity index (χ3n) is 5.27. The van der Waals surface area contributed by atoms with Crippen molar-refractivity contribution in [1.29, 1.82) is 0 Å². The summed E-state index contributed by atoms with van der Waals surface area (Å²) >= 11 is 0. The van der Waals surface area contributed by atoms with E-state index in [4.69, 9.17) is 0 Å². The number of hydrogen-bond donors (Lipinski definition) is 0. The average Bonchev–Trinajstić information content (AvgIpc) is 3.14. The van der Waals surface area contributed by atoms with E-state index in [0.717, 1.165) is 22.4 Å². The van der Waals surface area contributed by atoms with Crippen LogP contribution in [0.4, 0.5) is 0 Å². The predicted molar refractivity (Wildman–Crippen MR) is 127 cm³/mol. The molecule has 30 heavy (non-hydrogen) atoms. The average molecular weight is 384 g/mol. The molecule has 0 radical (unpaired) electrons. The van der Waals surface area contributed by atoms with Crippen LogP contribution in [0.1, 0.15) is 16.7 Å². The van der Waals surface area contributed by atoms with Crippen molar-refractivity contribution < 1.29 is 0 Å². The molecule has 5 rings (SSSR count). The number of benzene rings is 4. The minimum absolute atomic E-state index is 0.929. The minimum Gasteiger partial charge on any atom is -0.159 e. The Kier molecular flexibility index (Phi) is 4.89. The second-order valence-electron chi connectivity index (χ2n) is 7.15. The molecule has 2 heteroatoms. The summed E-state index contributed by atoms with van der Waals surface area (Å²) in [6.07, 6.45) is 5.70. The van der Waals surface area contributed by atoms with E-state index in [9.17, 15) is 0 Å². The van der Waals surface area contributed by atoms with Gasteiger partial charge in [0.25, 0.3) is 0 Å². The topological polar surface area (TPSA) is 24.7 Å².